The number of amides is 1. The van der Waals surface area contributed by atoms with E-state index in [-0.39, 0.29) is 6.04 Å². The van der Waals surface area contributed by atoms with Crippen molar-refractivity contribution in [2.24, 2.45) is 12.8 Å². The summed E-state index contributed by atoms with van der Waals surface area (Å²) >= 11 is 0. The van der Waals surface area contributed by atoms with Gasteiger partial charge in [0.25, 0.3) is 0 Å². The first kappa shape index (κ1) is 15.9. The monoisotopic (exact) mass is 339 g/mol. The second kappa shape index (κ2) is 6.02. The zero-order chi connectivity index (χ0) is 17.6. The fourth-order valence-electron chi connectivity index (χ4n) is 3.62. The molecule has 25 heavy (non-hydrogen) atoms. The van der Waals surface area contributed by atoms with Gasteiger partial charge >= 0.3 is 0 Å². The summed E-state index contributed by atoms with van der Waals surface area (Å²) in [6.45, 7) is 2.14. The van der Waals surface area contributed by atoms with E-state index in [1.54, 1.807) is 18.5 Å². The minimum Gasteiger partial charge on any atom is -0.390 e. The highest BCUT2D eigenvalue weighted by molar-refractivity contribution is 5.97. The Morgan fingerprint density at radius 2 is 2.20 bits per heavy atom. The van der Waals surface area contributed by atoms with Gasteiger partial charge in [-0.05, 0) is 24.3 Å². The van der Waals surface area contributed by atoms with Gasteiger partial charge in [0.1, 0.15) is 0 Å². The first-order valence-corrected chi connectivity index (χ1v) is 8.29. The molecule has 1 saturated heterocycles. The summed E-state index contributed by atoms with van der Waals surface area (Å²) in [4.78, 5) is 17.7. The summed E-state index contributed by atoms with van der Waals surface area (Å²) in [5.74, 6) is -0.432. The summed E-state index contributed by atoms with van der Waals surface area (Å²) in [5.41, 5.74) is 7.96. The number of benzene rings is 1. The number of carbonyl (C=O) groups excluding carboxylic acids is 1. The van der Waals surface area contributed by atoms with E-state index < -0.39 is 12.0 Å². The summed E-state index contributed by atoms with van der Waals surface area (Å²) in [6.07, 6.45) is 5.17. The maximum absolute atomic E-state index is 11.3. The molecule has 7 heteroatoms. The maximum Gasteiger partial charge on any atom is 0.248 e. The molecule has 0 radical (unpaired) electrons. The van der Waals surface area contributed by atoms with Crippen molar-refractivity contribution in [2.75, 3.05) is 13.1 Å². The number of imidazole rings is 1. The lowest BCUT2D eigenvalue weighted by Crippen LogP contribution is -2.22. The number of rotatable bonds is 4. The van der Waals surface area contributed by atoms with E-state index >= 15 is 0 Å². The first-order chi connectivity index (χ1) is 12.0. The lowest BCUT2D eigenvalue weighted by atomic mass is 10.1. The van der Waals surface area contributed by atoms with Gasteiger partial charge in [-0.25, -0.2) is 4.98 Å². The molecule has 4 rings (SSSR count). The fraction of sp³-hybridized carbons (Fsp3) is 0.333. The zero-order valence-electron chi connectivity index (χ0n) is 14.0. The molecule has 0 aliphatic carbocycles. The maximum atomic E-state index is 11.3. The van der Waals surface area contributed by atoms with Crippen LogP contribution in [0.15, 0.2) is 43.0 Å². The predicted octanol–water partition coefficient (Wildman–Crippen LogP) is 0.891. The standard InChI is InChI=1S/C18H21N5O2/c1-21-11-20-7-14(21)8-22-9-16(17(24)10-22)23-5-4-12-6-13(18(19)25)2-3-15(12)23/h2-7,11,16-17,24H,8-10H2,1H3,(H2,19,25)/t16-,17-/m1/s1. The van der Waals surface area contributed by atoms with Crippen LogP contribution >= 0.6 is 0 Å². The highest BCUT2D eigenvalue weighted by atomic mass is 16.3. The van der Waals surface area contributed by atoms with Crippen molar-refractivity contribution in [2.45, 2.75) is 18.7 Å². The highest BCUT2D eigenvalue weighted by Crippen LogP contribution is 2.29. The van der Waals surface area contributed by atoms with E-state index in [1.807, 2.05) is 36.1 Å². The van der Waals surface area contributed by atoms with E-state index in [1.165, 1.54) is 0 Å². The van der Waals surface area contributed by atoms with Crippen molar-refractivity contribution in [1.82, 2.24) is 19.0 Å². The van der Waals surface area contributed by atoms with Gasteiger partial charge in [0.15, 0.2) is 0 Å². The third kappa shape index (κ3) is 2.81. The lowest BCUT2D eigenvalue weighted by molar-refractivity contribution is 0.100. The highest BCUT2D eigenvalue weighted by Gasteiger charge is 2.33. The molecule has 1 aliphatic heterocycles. The molecule has 1 amide bonds. The van der Waals surface area contributed by atoms with Gasteiger partial charge in [-0.1, -0.05) is 0 Å². The van der Waals surface area contributed by atoms with Crippen LogP contribution in [0.3, 0.4) is 0 Å². The van der Waals surface area contributed by atoms with E-state index in [0.717, 1.165) is 29.7 Å². The van der Waals surface area contributed by atoms with E-state index in [2.05, 4.69) is 14.5 Å². The average Bonchev–Trinajstić information content (AvgIpc) is 3.26. The fourth-order valence-corrected chi connectivity index (χ4v) is 3.62. The molecule has 3 N–H and O–H groups in total. The molecule has 130 valence electrons. The predicted molar refractivity (Wildman–Crippen MR) is 94.0 cm³/mol. The number of nitrogens with zero attached hydrogens (tertiary/aromatic N) is 4. The molecular weight excluding hydrogens is 318 g/mol. The van der Waals surface area contributed by atoms with Crippen molar-refractivity contribution >= 4 is 16.8 Å². The van der Waals surface area contributed by atoms with Crippen LogP contribution in [0.1, 0.15) is 22.1 Å². The minimum absolute atomic E-state index is 0.0230. The topological polar surface area (TPSA) is 89.3 Å². The SMILES string of the molecule is Cn1cncc1CN1C[C@@H](O)[C@H](n2ccc3cc(C(N)=O)ccc32)C1. The molecule has 1 aromatic carbocycles. The van der Waals surface area contributed by atoms with Crippen molar-refractivity contribution in [1.29, 1.82) is 0 Å². The zero-order valence-corrected chi connectivity index (χ0v) is 14.0. The third-order valence-corrected chi connectivity index (χ3v) is 5.00. The van der Waals surface area contributed by atoms with Gasteiger partial charge in [-0.15, -0.1) is 0 Å². The second-order valence-electron chi connectivity index (χ2n) is 6.69. The van der Waals surface area contributed by atoms with E-state index in [4.69, 9.17) is 5.73 Å². The van der Waals surface area contributed by atoms with Crippen LogP contribution in [0.2, 0.25) is 0 Å². The average molecular weight is 339 g/mol. The molecule has 0 unspecified atom stereocenters. The minimum atomic E-state index is -0.445. The Morgan fingerprint density at radius 1 is 1.36 bits per heavy atom. The number of β-amino-alcohol motifs (C(OH)–C–C–N with tert-alkyl or cyclic N) is 1. The van der Waals surface area contributed by atoms with Crippen LogP contribution < -0.4 is 5.73 Å². The molecule has 2 aromatic heterocycles. The molecule has 0 spiro atoms. The number of hydrogen-bond donors (Lipinski definition) is 2. The van der Waals surface area contributed by atoms with Gasteiger partial charge in [0.2, 0.25) is 5.91 Å². The number of carbonyl (C=O) groups is 1. The molecule has 1 fully saturated rings. The van der Waals surface area contributed by atoms with E-state index in [9.17, 15) is 9.90 Å². The molecule has 0 saturated carbocycles. The Kier molecular flexibility index (Phi) is 3.82. The van der Waals surface area contributed by atoms with Gasteiger partial charge in [-0.3, -0.25) is 9.69 Å². The molecule has 3 aromatic rings. The smallest absolute Gasteiger partial charge is 0.248 e. The van der Waals surface area contributed by atoms with Crippen molar-refractivity contribution in [3.05, 3.63) is 54.2 Å². The Hall–Kier alpha value is -2.64. The van der Waals surface area contributed by atoms with Crippen LogP contribution in [0.25, 0.3) is 10.9 Å². The summed E-state index contributed by atoms with van der Waals surface area (Å²) in [5, 5.41) is 11.5. The van der Waals surface area contributed by atoms with Gasteiger partial charge < -0.3 is 20.0 Å². The number of fused-ring (bicyclic) bond motifs is 1. The third-order valence-electron chi connectivity index (χ3n) is 5.00. The number of nitrogens with two attached hydrogens (primary N) is 1. The Morgan fingerprint density at radius 3 is 2.92 bits per heavy atom. The van der Waals surface area contributed by atoms with Gasteiger partial charge in [-0.2, -0.15) is 0 Å². The van der Waals surface area contributed by atoms with Gasteiger partial charge in [0, 0.05) is 55.5 Å². The van der Waals surface area contributed by atoms with Crippen molar-refractivity contribution < 1.29 is 9.90 Å². The molecule has 7 nitrogen and oxygen atoms in total. The summed E-state index contributed by atoms with van der Waals surface area (Å²) < 4.78 is 4.09. The Bertz CT molecular complexity index is 929. The van der Waals surface area contributed by atoms with Crippen LogP contribution in [-0.4, -0.2) is 49.2 Å². The number of aryl methyl sites for hydroxylation is 1. The van der Waals surface area contributed by atoms with Crippen LogP contribution in [0.5, 0.6) is 0 Å². The molecule has 1 aliphatic rings. The van der Waals surface area contributed by atoms with Crippen molar-refractivity contribution in [3.63, 3.8) is 0 Å². The number of aromatic nitrogens is 3. The molecule has 3 heterocycles. The van der Waals surface area contributed by atoms with Crippen molar-refractivity contribution in [3.8, 4) is 0 Å². The number of aliphatic hydroxyl groups is 1. The first-order valence-electron chi connectivity index (χ1n) is 8.29. The van der Waals surface area contributed by atoms with Crippen LogP contribution in [0, 0.1) is 0 Å². The number of primary amides is 1. The molecule has 0 bridgehead atoms. The largest absolute Gasteiger partial charge is 0.390 e. The number of hydrogen-bond acceptors (Lipinski definition) is 4. The van der Waals surface area contributed by atoms with Crippen LogP contribution in [0.4, 0.5) is 0 Å². The quantitative estimate of drug-likeness (QED) is 0.739. The van der Waals surface area contributed by atoms with Crippen LogP contribution in [-0.2, 0) is 13.6 Å². The van der Waals surface area contributed by atoms with Gasteiger partial charge in [0.05, 0.1) is 24.2 Å². The molecular formula is C18H21N5O2. The second-order valence-corrected chi connectivity index (χ2v) is 6.69. The normalized spacial score (nSPS) is 21.2. The number of likely N-dealkylation sites (tertiary alicyclic amines) is 1. The van der Waals surface area contributed by atoms with E-state index in [0.29, 0.717) is 12.1 Å². The Balaban J connectivity index is 1.58. The Labute approximate surface area is 145 Å². The summed E-state index contributed by atoms with van der Waals surface area (Å²) in [6, 6.07) is 7.35. The lowest BCUT2D eigenvalue weighted by Gasteiger charge is -2.18. The molecule has 2 atom stereocenters. The number of aliphatic hydroxyl groups excluding tert-OH is 1. The summed E-state index contributed by atoms with van der Waals surface area (Å²) in [7, 11) is 1.97.